The number of hydrogen-bond donors (Lipinski definition) is 1. The maximum absolute atomic E-state index is 13.4. The van der Waals surface area contributed by atoms with Gasteiger partial charge in [0.05, 0.1) is 6.61 Å². The van der Waals surface area contributed by atoms with E-state index in [-0.39, 0.29) is 11.3 Å². The molecule has 0 aliphatic heterocycles. The van der Waals surface area contributed by atoms with Crippen LogP contribution < -0.4 is 0 Å². The van der Waals surface area contributed by atoms with E-state index in [1.165, 1.54) is 18.2 Å². The molecule has 1 aromatic carbocycles. The van der Waals surface area contributed by atoms with Crippen molar-refractivity contribution in [1.29, 1.82) is 0 Å². The Balaban J connectivity index is 2.80. The lowest BCUT2D eigenvalue weighted by molar-refractivity contribution is -0.199. The highest BCUT2D eigenvalue weighted by atomic mass is 19.4. The van der Waals surface area contributed by atoms with E-state index in [4.69, 9.17) is 5.21 Å². The Morgan fingerprint density at radius 3 is 2.53 bits per heavy atom. The van der Waals surface area contributed by atoms with Crippen molar-refractivity contribution in [2.45, 2.75) is 12.3 Å². The van der Waals surface area contributed by atoms with Crippen LogP contribution in [-0.4, -0.2) is 29.8 Å². The molecule has 7 heteroatoms. The van der Waals surface area contributed by atoms with Crippen LogP contribution in [0.2, 0.25) is 0 Å². The Hall–Kier alpha value is -1.89. The Labute approximate surface area is 106 Å². The summed E-state index contributed by atoms with van der Waals surface area (Å²) < 4.78 is 55.0. The van der Waals surface area contributed by atoms with Crippen LogP contribution in [0, 0.1) is 5.82 Å². The first-order valence-electron chi connectivity index (χ1n) is 5.17. The van der Waals surface area contributed by atoms with Crippen molar-refractivity contribution in [3.8, 4) is 0 Å². The molecule has 0 radical (unpaired) electrons. The molecule has 1 aromatic rings. The summed E-state index contributed by atoms with van der Waals surface area (Å²) in [4.78, 5) is 0. The Bertz CT molecular complexity index is 471. The number of ether oxygens (including phenoxy) is 1. The number of alkyl halides is 3. The van der Waals surface area contributed by atoms with Gasteiger partial charge in [-0.25, -0.2) is 4.39 Å². The summed E-state index contributed by atoms with van der Waals surface area (Å²) in [5.74, 6) is -0.721. The third kappa shape index (κ3) is 4.06. The molecule has 1 unspecified atom stereocenters. The molecule has 19 heavy (non-hydrogen) atoms. The lowest BCUT2D eigenvalue weighted by Crippen LogP contribution is -2.31. The lowest BCUT2D eigenvalue weighted by Gasteiger charge is -2.17. The molecule has 0 saturated heterocycles. The minimum atomic E-state index is -4.63. The Morgan fingerprint density at radius 2 is 2.05 bits per heavy atom. The monoisotopic (exact) mass is 277 g/mol. The van der Waals surface area contributed by atoms with E-state index < -0.39 is 24.7 Å². The third-order valence-electron chi connectivity index (χ3n) is 2.24. The van der Waals surface area contributed by atoms with Crippen molar-refractivity contribution < 1.29 is 27.5 Å². The van der Waals surface area contributed by atoms with Crippen LogP contribution in [0.15, 0.2) is 42.1 Å². The molecule has 0 aromatic heterocycles. The van der Waals surface area contributed by atoms with Gasteiger partial charge in [0.2, 0.25) is 0 Å². The van der Waals surface area contributed by atoms with Gasteiger partial charge in [-0.2, -0.15) is 13.2 Å². The van der Waals surface area contributed by atoms with Crippen molar-refractivity contribution in [1.82, 2.24) is 0 Å². The van der Waals surface area contributed by atoms with Crippen LogP contribution in [-0.2, 0) is 4.74 Å². The molecular formula is C12H11F4NO2. The topological polar surface area (TPSA) is 41.8 Å². The van der Waals surface area contributed by atoms with Gasteiger partial charge in [-0.3, -0.25) is 0 Å². The summed E-state index contributed by atoms with van der Waals surface area (Å²) in [5, 5.41) is 11.5. The molecule has 1 N–H and O–H groups in total. The molecular weight excluding hydrogens is 266 g/mol. The fourth-order valence-corrected chi connectivity index (χ4v) is 1.32. The minimum absolute atomic E-state index is 0.130. The molecule has 0 spiro atoms. The zero-order valence-electron chi connectivity index (χ0n) is 9.69. The van der Waals surface area contributed by atoms with Gasteiger partial charge in [0.15, 0.2) is 6.10 Å². The van der Waals surface area contributed by atoms with E-state index in [0.29, 0.717) is 6.08 Å². The van der Waals surface area contributed by atoms with Crippen molar-refractivity contribution in [2.75, 3.05) is 6.61 Å². The number of hydrogen-bond acceptors (Lipinski definition) is 3. The largest absolute Gasteiger partial charge is 0.418 e. The summed E-state index contributed by atoms with van der Waals surface area (Å²) in [5.41, 5.74) is -0.468. The first-order chi connectivity index (χ1) is 8.90. The first kappa shape index (κ1) is 15.2. The van der Waals surface area contributed by atoms with E-state index in [2.05, 4.69) is 16.5 Å². The molecule has 3 nitrogen and oxygen atoms in total. The first-order valence-corrected chi connectivity index (χ1v) is 5.17. The average Bonchev–Trinajstić information content (AvgIpc) is 2.34. The number of benzene rings is 1. The number of halogens is 4. The molecule has 0 saturated carbocycles. The SMILES string of the molecule is C=CC(OC/C(=N/O)c1ccccc1F)C(F)(F)F. The van der Waals surface area contributed by atoms with Crippen LogP contribution in [0.25, 0.3) is 0 Å². The van der Waals surface area contributed by atoms with Gasteiger partial charge in [-0.15, -0.1) is 6.58 Å². The van der Waals surface area contributed by atoms with Crippen molar-refractivity contribution in [3.63, 3.8) is 0 Å². The highest BCUT2D eigenvalue weighted by molar-refractivity contribution is 6.01. The van der Waals surface area contributed by atoms with Crippen molar-refractivity contribution in [3.05, 3.63) is 48.3 Å². The van der Waals surface area contributed by atoms with Gasteiger partial charge < -0.3 is 9.94 Å². The van der Waals surface area contributed by atoms with E-state index >= 15 is 0 Å². The van der Waals surface area contributed by atoms with Gasteiger partial charge in [0.25, 0.3) is 0 Å². The standard InChI is InChI=1S/C12H11F4NO2/c1-2-11(12(14,15)16)19-7-10(17-18)8-5-3-4-6-9(8)13/h2-6,11,18H,1,7H2/b17-10-. The second-order valence-corrected chi connectivity index (χ2v) is 3.54. The van der Waals surface area contributed by atoms with Gasteiger partial charge >= 0.3 is 6.18 Å². The predicted molar refractivity (Wildman–Crippen MR) is 60.7 cm³/mol. The summed E-state index contributed by atoms with van der Waals surface area (Å²) in [6, 6.07) is 5.22. The van der Waals surface area contributed by atoms with E-state index in [9.17, 15) is 17.6 Å². The highest BCUT2D eigenvalue weighted by Crippen LogP contribution is 2.23. The minimum Gasteiger partial charge on any atom is -0.411 e. The quantitative estimate of drug-likeness (QED) is 0.295. The Kier molecular flexibility index (Phi) is 5.05. The molecule has 0 aliphatic rings. The van der Waals surface area contributed by atoms with Crippen LogP contribution >= 0.6 is 0 Å². The maximum atomic E-state index is 13.4. The van der Waals surface area contributed by atoms with E-state index in [1.54, 1.807) is 0 Å². The van der Waals surface area contributed by atoms with Gasteiger partial charge in [-0.05, 0) is 12.1 Å². The second-order valence-electron chi connectivity index (χ2n) is 3.54. The molecule has 0 aliphatic carbocycles. The lowest BCUT2D eigenvalue weighted by atomic mass is 10.1. The van der Waals surface area contributed by atoms with Gasteiger partial charge in [-0.1, -0.05) is 23.4 Å². The van der Waals surface area contributed by atoms with E-state index in [0.717, 1.165) is 6.07 Å². The van der Waals surface area contributed by atoms with Crippen LogP contribution in [0.5, 0.6) is 0 Å². The third-order valence-corrected chi connectivity index (χ3v) is 2.24. The highest BCUT2D eigenvalue weighted by Gasteiger charge is 2.38. The number of nitrogens with zero attached hydrogens (tertiary/aromatic N) is 1. The zero-order chi connectivity index (χ0) is 14.5. The van der Waals surface area contributed by atoms with Crippen molar-refractivity contribution in [2.24, 2.45) is 5.16 Å². The number of rotatable bonds is 5. The summed E-state index contributed by atoms with van der Waals surface area (Å²) in [6.45, 7) is 2.30. The predicted octanol–water partition coefficient (Wildman–Crippen LogP) is 3.14. The normalized spacial score (nSPS) is 14.2. The van der Waals surface area contributed by atoms with Crippen LogP contribution in [0.4, 0.5) is 17.6 Å². The maximum Gasteiger partial charge on any atom is 0.418 e. The zero-order valence-corrected chi connectivity index (χ0v) is 9.69. The summed E-state index contributed by atoms with van der Waals surface area (Å²) in [7, 11) is 0. The average molecular weight is 277 g/mol. The molecule has 0 bridgehead atoms. The van der Waals surface area contributed by atoms with Crippen molar-refractivity contribution >= 4 is 5.71 Å². The number of oxime groups is 1. The fourth-order valence-electron chi connectivity index (χ4n) is 1.32. The molecule has 0 amide bonds. The molecule has 0 fully saturated rings. The molecule has 0 heterocycles. The van der Waals surface area contributed by atoms with Crippen LogP contribution in [0.3, 0.4) is 0 Å². The second kappa shape index (κ2) is 6.33. The fraction of sp³-hybridized carbons (Fsp3) is 0.250. The van der Waals surface area contributed by atoms with Gasteiger partial charge in [0, 0.05) is 5.56 Å². The summed E-state index contributed by atoms with van der Waals surface area (Å²) >= 11 is 0. The van der Waals surface area contributed by atoms with Gasteiger partial charge in [0.1, 0.15) is 11.5 Å². The smallest absolute Gasteiger partial charge is 0.411 e. The van der Waals surface area contributed by atoms with Crippen LogP contribution in [0.1, 0.15) is 5.56 Å². The Morgan fingerprint density at radius 1 is 1.42 bits per heavy atom. The van der Waals surface area contributed by atoms with E-state index in [1.807, 2.05) is 0 Å². The summed E-state index contributed by atoms with van der Waals surface area (Å²) in [6.07, 6.45) is -6.27. The molecule has 104 valence electrons. The molecule has 1 rings (SSSR count). The molecule has 1 atom stereocenters.